The third-order valence-electron chi connectivity index (χ3n) is 3.22. The fourth-order valence-electron chi connectivity index (χ4n) is 1.87. The molecular formula is C17H15F4NOS. The first-order valence-corrected chi connectivity index (χ1v) is 8.11. The summed E-state index contributed by atoms with van der Waals surface area (Å²) in [6.07, 6.45) is -4.45. The second kappa shape index (κ2) is 7.70. The first-order chi connectivity index (χ1) is 11.3. The molecule has 0 saturated heterocycles. The number of carbonyl (C=O) groups excluding carboxylic acids is 1. The average molecular weight is 357 g/mol. The van der Waals surface area contributed by atoms with Gasteiger partial charge in [-0.15, -0.1) is 11.8 Å². The van der Waals surface area contributed by atoms with Gasteiger partial charge in [0.1, 0.15) is 5.82 Å². The quantitative estimate of drug-likeness (QED) is 0.588. The van der Waals surface area contributed by atoms with E-state index in [0.717, 1.165) is 17.0 Å². The highest BCUT2D eigenvalue weighted by Crippen LogP contribution is 2.31. The molecule has 7 heteroatoms. The van der Waals surface area contributed by atoms with E-state index < -0.39 is 17.7 Å². The SMILES string of the molecule is CC(CSc1ccc(F)cc1)C(=O)Nc1cccc(C(F)(F)F)c1. The molecule has 24 heavy (non-hydrogen) atoms. The number of nitrogens with one attached hydrogen (secondary N) is 1. The van der Waals surface area contributed by atoms with Gasteiger partial charge in [0.25, 0.3) is 0 Å². The van der Waals surface area contributed by atoms with Crippen LogP contribution in [0.25, 0.3) is 0 Å². The lowest BCUT2D eigenvalue weighted by Gasteiger charge is -2.13. The van der Waals surface area contributed by atoms with Crippen molar-refractivity contribution in [1.82, 2.24) is 0 Å². The normalized spacial score (nSPS) is 12.7. The molecule has 2 aromatic carbocycles. The van der Waals surface area contributed by atoms with Crippen LogP contribution in [0.2, 0.25) is 0 Å². The lowest BCUT2D eigenvalue weighted by atomic mass is 10.1. The molecule has 0 radical (unpaired) electrons. The third kappa shape index (κ3) is 5.26. The van der Waals surface area contributed by atoms with Crippen LogP contribution in [-0.4, -0.2) is 11.7 Å². The first kappa shape index (κ1) is 18.3. The van der Waals surface area contributed by atoms with E-state index in [0.29, 0.717) is 5.75 Å². The number of amides is 1. The van der Waals surface area contributed by atoms with E-state index in [-0.39, 0.29) is 17.4 Å². The van der Waals surface area contributed by atoms with Crippen molar-refractivity contribution in [3.05, 3.63) is 59.9 Å². The zero-order valence-corrected chi connectivity index (χ0v) is 13.5. The maximum atomic E-state index is 12.8. The molecule has 128 valence electrons. The maximum Gasteiger partial charge on any atom is 0.416 e. The van der Waals surface area contributed by atoms with Crippen LogP contribution in [0.1, 0.15) is 12.5 Å². The van der Waals surface area contributed by atoms with E-state index in [1.165, 1.54) is 36.0 Å². The smallest absolute Gasteiger partial charge is 0.326 e. The monoisotopic (exact) mass is 357 g/mol. The molecule has 0 saturated carbocycles. The van der Waals surface area contributed by atoms with Gasteiger partial charge in [-0.3, -0.25) is 4.79 Å². The minimum absolute atomic E-state index is 0.105. The van der Waals surface area contributed by atoms with E-state index in [4.69, 9.17) is 0 Å². The summed E-state index contributed by atoms with van der Waals surface area (Å²) in [5.74, 6) is -0.704. The highest BCUT2D eigenvalue weighted by atomic mass is 32.2. The Bertz CT molecular complexity index is 700. The predicted molar refractivity (Wildman–Crippen MR) is 86.4 cm³/mol. The van der Waals surface area contributed by atoms with E-state index in [2.05, 4.69) is 5.32 Å². The van der Waals surface area contributed by atoms with Crippen LogP contribution < -0.4 is 5.32 Å². The van der Waals surface area contributed by atoms with E-state index in [1.54, 1.807) is 19.1 Å². The van der Waals surface area contributed by atoms with Gasteiger partial charge in [0, 0.05) is 22.3 Å². The molecule has 0 heterocycles. The first-order valence-electron chi connectivity index (χ1n) is 7.12. The van der Waals surface area contributed by atoms with Gasteiger partial charge in [-0.05, 0) is 42.5 Å². The number of rotatable bonds is 5. The molecule has 1 atom stereocenters. The van der Waals surface area contributed by atoms with E-state index >= 15 is 0 Å². The molecule has 0 spiro atoms. The number of anilines is 1. The second-order valence-corrected chi connectivity index (χ2v) is 6.33. The third-order valence-corrected chi connectivity index (χ3v) is 4.49. The molecule has 2 rings (SSSR count). The summed E-state index contributed by atoms with van der Waals surface area (Å²) in [5, 5.41) is 2.49. The van der Waals surface area contributed by atoms with Crippen molar-refractivity contribution in [3.63, 3.8) is 0 Å². The van der Waals surface area contributed by atoms with E-state index in [9.17, 15) is 22.4 Å². The van der Waals surface area contributed by atoms with Gasteiger partial charge in [0.2, 0.25) is 5.91 Å². The zero-order valence-electron chi connectivity index (χ0n) is 12.7. The van der Waals surface area contributed by atoms with Crippen molar-refractivity contribution < 1.29 is 22.4 Å². The zero-order chi connectivity index (χ0) is 17.7. The van der Waals surface area contributed by atoms with Crippen molar-refractivity contribution >= 4 is 23.4 Å². The largest absolute Gasteiger partial charge is 0.416 e. The number of benzene rings is 2. The summed E-state index contributed by atoms with van der Waals surface area (Å²) < 4.78 is 50.8. The number of hydrogen-bond acceptors (Lipinski definition) is 2. The molecule has 0 aliphatic carbocycles. The minimum Gasteiger partial charge on any atom is -0.326 e. The predicted octanol–water partition coefficient (Wildman–Crippen LogP) is 5.21. The van der Waals surface area contributed by atoms with Crippen LogP contribution in [0.4, 0.5) is 23.2 Å². The number of hydrogen-bond donors (Lipinski definition) is 1. The van der Waals surface area contributed by atoms with Gasteiger partial charge in [0.05, 0.1) is 5.56 Å². The second-order valence-electron chi connectivity index (χ2n) is 5.23. The van der Waals surface area contributed by atoms with Crippen LogP contribution in [0.5, 0.6) is 0 Å². The Kier molecular flexibility index (Phi) is 5.88. The summed E-state index contributed by atoms with van der Waals surface area (Å²) in [6.45, 7) is 1.68. The van der Waals surface area contributed by atoms with Crippen molar-refractivity contribution in [2.24, 2.45) is 5.92 Å². The Morgan fingerprint density at radius 3 is 2.46 bits per heavy atom. The lowest BCUT2D eigenvalue weighted by molar-refractivity contribution is -0.137. The number of thioether (sulfide) groups is 1. The number of alkyl halides is 3. The van der Waals surface area contributed by atoms with Gasteiger partial charge in [-0.2, -0.15) is 13.2 Å². The van der Waals surface area contributed by atoms with Crippen LogP contribution in [0, 0.1) is 11.7 Å². The fourth-order valence-corrected chi connectivity index (χ4v) is 2.79. The highest BCUT2D eigenvalue weighted by Gasteiger charge is 2.30. The van der Waals surface area contributed by atoms with Gasteiger partial charge in [0.15, 0.2) is 0 Å². The summed E-state index contributed by atoms with van der Waals surface area (Å²) in [5.41, 5.74) is -0.706. The molecular weight excluding hydrogens is 342 g/mol. The van der Waals surface area contributed by atoms with Crippen molar-refractivity contribution in [1.29, 1.82) is 0 Å². The molecule has 2 nitrogen and oxygen atoms in total. The molecule has 0 aromatic heterocycles. The molecule has 1 N–H and O–H groups in total. The summed E-state index contributed by atoms with van der Waals surface area (Å²) in [7, 11) is 0. The molecule has 1 unspecified atom stereocenters. The minimum atomic E-state index is -4.45. The van der Waals surface area contributed by atoms with E-state index in [1.807, 2.05) is 0 Å². The van der Waals surface area contributed by atoms with Crippen LogP contribution >= 0.6 is 11.8 Å². The average Bonchev–Trinajstić information content (AvgIpc) is 2.53. The van der Waals surface area contributed by atoms with Crippen molar-refractivity contribution in [2.75, 3.05) is 11.1 Å². The van der Waals surface area contributed by atoms with Crippen molar-refractivity contribution in [2.45, 2.75) is 18.0 Å². The Balaban J connectivity index is 1.93. The summed E-state index contributed by atoms with van der Waals surface area (Å²) in [4.78, 5) is 12.9. The number of halogens is 4. The Morgan fingerprint density at radius 1 is 1.17 bits per heavy atom. The summed E-state index contributed by atoms with van der Waals surface area (Å²) in [6, 6.07) is 10.4. The molecule has 0 aliphatic heterocycles. The molecule has 0 bridgehead atoms. The summed E-state index contributed by atoms with van der Waals surface area (Å²) >= 11 is 1.38. The van der Waals surface area contributed by atoms with Crippen LogP contribution in [0.3, 0.4) is 0 Å². The van der Waals surface area contributed by atoms with Crippen LogP contribution in [0.15, 0.2) is 53.4 Å². The Labute approximate surface area is 141 Å². The standard InChI is InChI=1S/C17H15F4NOS/c1-11(10-24-15-7-5-13(18)6-8-15)16(23)22-14-4-2-3-12(9-14)17(19,20)21/h2-9,11H,10H2,1H3,(H,22,23). The topological polar surface area (TPSA) is 29.1 Å². The maximum absolute atomic E-state index is 12.8. The Morgan fingerprint density at radius 2 is 1.83 bits per heavy atom. The number of carbonyl (C=O) groups is 1. The van der Waals surface area contributed by atoms with Crippen molar-refractivity contribution in [3.8, 4) is 0 Å². The lowest BCUT2D eigenvalue weighted by Crippen LogP contribution is -2.22. The fraction of sp³-hybridized carbons (Fsp3) is 0.235. The van der Waals surface area contributed by atoms with Gasteiger partial charge in [-0.1, -0.05) is 13.0 Å². The van der Waals surface area contributed by atoms with Gasteiger partial charge >= 0.3 is 6.18 Å². The molecule has 0 aliphatic rings. The molecule has 0 fully saturated rings. The molecule has 2 aromatic rings. The molecule has 1 amide bonds. The van der Waals surface area contributed by atoms with Gasteiger partial charge in [-0.25, -0.2) is 4.39 Å². The van der Waals surface area contributed by atoms with Crippen LogP contribution in [-0.2, 0) is 11.0 Å². The Hall–Kier alpha value is -2.02. The van der Waals surface area contributed by atoms with Gasteiger partial charge < -0.3 is 5.32 Å². The highest BCUT2D eigenvalue weighted by molar-refractivity contribution is 7.99.